The molecule has 0 aliphatic heterocycles. The lowest BCUT2D eigenvalue weighted by Gasteiger charge is -2.29. The number of nitrogens with zero attached hydrogens (tertiary/aromatic N) is 2. The van der Waals surface area contributed by atoms with Gasteiger partial charge in [0.15, 0.2) is 5.65 Å². The maximum Gasteiger partial charge on any atom is 0.269 e. The Kier molecular flexibility index (Phi) is 5.23. The van der Waals surface area contributed by atoms with Gasteiger partial charge in [0, 0.05) is 23.9 Å². The number of pyridine rings is 1. The first kappa shape index (κ1) is 20.7. The average Bonchev–Trinajstić information content (AvgIpc) is 3.16. The van der Waals surface area contributed by atoms with E-state index >= 15 is 0 Å². The highest BCUT2D eigenvalue weighted by molar-refractivity contribution is 7.91. The number of nitrogens with one attached hydrogen (secondary N) is 1. The summed E-state index contributed by atoms with van der Waals surface area (Å²) >= 11 is 0. The van der Waals surface area contributed by atoms with Gasteiger partial charge in [0.05, 0.1) is 27.7 Å². The molecule has 0 unspecified atom stereocenters. The molecule has 0 amide bonds. The van der Waals surface area contributed by atoms with Gasteiger partial charge in [0.1, 0.15) is 9.84 Å². The summed E-state index contributed by atoms with van der Waals surface area (Å²) in [5, 5.41) is 3.71. The third-order valence-electron chi connectivity index (χ3n) is 5.64. The van der Waals surface area contributed by atoms with E-state index in [2.05, 4.69) is 10.3 Å². The fourth-order valence-electron chi connectivity index (χ4n) is 3.98. The molecule has 1 aromatic carbocycles. The molecule has 1 saturated carbocycles. The lowest BCUT2D eigenvalue weighted by molar-refractivity contribution is 0.454. The molecular weight excluding hydrogens is 424 g/mol. The van der Waals surface area contributed by atoms with Crippen molar-refractivity contribution in [1.29, 1.82) is 0 Å². The molecule has 1 aliphatic rings. The van der Waals surface area contributed by atoms with E-state index in [0.29, 0.717) is 48.1 Å². The molecule has 10 heteroatoms. The van der Waals surface area contributed by atoms with Crippen molar-refractivity contribution in [2.45, 2.75) is 41.9 Å². The van der Waals surface area contributed by atoms with Gasteiger partial charge in [0.2, 0.25) is 0 Å². The standard InChI is InChI=1S/C20H24N4O4S2/c1-29(25,26)15-9-7-14(8-10-15)23-19-17-11-12-24(20(17)22-13-18(19)21)30(27,28)16-5-3-2-4-6-16/h2-6,11-15H,7-10,21H2,1H3,(H,22,23). The first-order chi connectivity index (χ1) is 14.2. The first-order valence-corrected chi connectivity index (χ1v) is 13.1. The molecular formula is C20H24N4O4S2. The Bertz CT molecular complexity index is 1280. The van der Waals surface area contributed by atoms with Crippen molar-refractivity contribution in [2.24, 2.45) is 0 Å². The number of benzene rings is 1. The fourth-order valence-corrected chi connectivity index (χ4v) is 6.43. The predicted molar refractivity (Wildman–Crippen MR) is 118 cm³/mol. The molecule has 160 valence electrons. The summed E-state index contributed by atoms with van der Waals surface area (Å²) in [4.78, 5) is 4.45. The number of hydrogen-bond acceptors (Lipinski definition) is 7. The van der Waals surface area contributed by atoms with Crippen molar-refractivity contribution in [3.05, 3.63) is 48.8 Å². The number of sulfone groups is 1. The van der Waals surface area contributed by atoms with Crippen molar-refractivity contribution in [2.75, 3.05) is 17.3 Å². The Morgan fingerprint density at radius 1 is 1.03 bits per heavy atom. The van der Waals surface area contributed by atoms with Crippen molar-refractivity contribution in [3.8, 4) is 0 Å². The predicted octanol–water partition coefficient (Wildman–Crippen LogP) is 2.62. The van der Waals surface area contributed by atoms with Crippen LogP contribution >= 0.6 is 0 Å². The average molecular weight is 449 g/mol. The number of anilines is 2. The van der Waals surface area contributed by atoms with E-state index in [4.69, 9.17) is 5.73 Å². The highest BCUT2D eigenvalue weighted by Crippen LogP contribution is 2.34. The quantitative estimate of drug-likeness (QED) is 0.615. The van der Waals surface area contributed by atoms with Crippen LogP contribution in [0.1, 0.15) is 25.7 Å². The fraction of sp³-hybridized carbons (Fsp3) is 0.350. The third kappa shape index (κ3) is 3.77. The zero-order valence-corrected chi connectivity index (χ0v) is 18.2. The number of fused-ring (bicyclic) bond motifs is 1. The van der Waals surface area contributed by atoms with E-state index in [1.807, 2.05) is 0 Å². The molecule has 0 spiro atoms. The molecule has 8 nitrogen and oxygen atoms in total. The normalized spacial score (nSPS) is 20.3. The van der Waals surface area contributed by atoms with Crippen molar-refractivity contribution >= 4 is 42.3 Å². The second-order valence-corrected chi connectivity index (χ2v) is 11.8. The molecule has 1 fully saturated rings. The molecule has 4 rings (SSSR count). The van der Waals surface area contributed by atoms with Gasteiger partial charge in [-0.05, 0) is 43.9 Å². The summed E-state index contributed by atoms with van der Waals surface area (Å²) < 4.78 is 50.8. The summed E-state index contributed by atoms with van der Waals surface area (Å²) in [5.41, 5.74) is 7.49. The Morgan fingerprint density at radius 3 is 2.33 bits per heavy atom. The minimum absolute atomic E-state index is 0.0602. The van der Waals surface area contributed by atoms with Gasteiger partial charge in [0.25, 0.3) is 10.0 Å². The molecule has 3 aromatic rings. The maximum absolute atomic E-state index is 13.0. The highest BCUT2D eigenvalue weighted by atomic mass is 32.2. The van der Waals surface area contributed by atoms with E-state index in [-0.39, 0.29) is 16.2 Å². The van der Waals surface area contributed by atoms with Crippen molar-refractivity contribution < 1.29 is 16.8 Å². The van der Waals surface area contributed by atoms with Crippen LogP contribution in [-0.2, 0) is 19.9 Å². The lowest BCUT2D eigenvalue weighted by atomic mass is 9.94. The van der Waals surface area contributed by atoms with Crippen LogP contribution in [-0.4, -0.2) is 43.3 Å². The third-order valence-corrected chi connectivity index (χ3v) is 9.00. The molecule has 1 aliphatic carbocycles. The SMILES string of the molecule is CS(=O)(=O)C1CCC(Nc2c(N)cnc3c2ccn3S(=O)(=O)c2ccccc2)CC1. The van der Waals surface area contributed by atoms with Gasteiger partial charge in [-0.3, -0.25) is 0 Å². The largest absolute Gasteiger partial charge is 0.396 e. The number of hydrogen-bond donors (Lipinski definition) is 2. The number of rotatable bonds is 5. The second kappa shape index (κ2) is 7.59. The van der Waals surface area contributed by atoms with Crippen molar-refractivity contribution in [3.63, 3.8) is 0 Å². The number of nitrogen functional groups attached to an aromatic ring is 1. The first-order valence-electron chi connectivity index (χ1n) is 9.69. The molecule has 2 aromatic heterocycles. The summed E-state index contributed by atoms with van der Waals surface area (Å²) in [6.07, 6.45) is 6.79. The van der Waals surface area contributed by atoms with Gasteiger partial charge in [-0.25, -0.2) is 25.8 Å². The number of aromatic nitrogens is 2. The van der Waals surface area contributed by atoms with Crippen LogP contribution in [0.5, 0.6) is 0 Å². The molecule has 2 heterocycles. The number of nitrogens with two attached hydrogens (primary N) is 1. The Hall–Kier alpha value is -2.59. The Labute approximate surface area is 176 Å². The van der Waals surface area contributed by atoms with Crippen LogP contribution in [0.2, 0.25) is 0 Å². The summed E-state index contributed by atoms with van der Waals surface area (Å²) in [6.45, 7) is 0. The molecule has 3 N–H and O–H groups in total. The minimum Gasteiger partial charge on any atom is -0.396 e. The lowest BCUT2D eigenvalue weighted by Crippen LogP contribution is -2.32. The van der Waals surface area contributed by atoms with Crippen LogP contribution < -0.4 is 11.1 Å². The molecule has 0 atom stereocenters. The molecule has 30 heavy (non-hydrogen) atoms. The smallest absolute Gasteiger partial charge is 0.269 e. The summed E-state index contributed by atoms with van der Waals surface area (Å²) in [7, 11) is -6.83. The van der Waals surface area contributed by atoms with Gasteiger partial charge < -0.3 is 11.1 Å². The van der Waals surface area contributed by atoms with Gasteiger partial charge in [-0.2, -0.15) is 0 Å². The monoisotopic (exact) mass is 448 g/mol. The van der Waals surface area contributed by atoms with Crippen LogP contribution in [0.4, 0.5) is 11.4 Å². The van der Waals surface area contributed by atoms with E-state index in [9.17, 15) is 16.8 Å². The van der Waals surface area contributed by atoms with Gasteiger partial charge in [-0.1, -0.05) is 18.2 Å². The van der Waals surface area contributed by atoms with Gasteiger partial charge in [-0.15, -0.1) is 0 Å². The molecule has 0 bridgehead atoms. The van der Waals surface area contributed by atoms with E-state index in [1.54, 1.807) is 24.3 Å². The molecule has 0 radical (unpaired) electrons. The highest BCUT2D eigenvalue weighted by Gasteiger charge is 2.29. The van der Waals surface area contributed by atoms with Crippen LogP contribution in [0, 0.1) is 0 Å². The van der Waals surface area contributed by atoms with Gasteiger partial charge >= 0.3 is 0 Å². The Morgan fingerprint density at radius 2 is 1.70 bits per heavy atom. The van der Waals surface area contributed by atoms with E-state index in [1.165, 1.54) is 30.8 Å². The van der Waals surface area contributed by atoms with Crippen LogP contribution in [0.15, 0.2) is 53.7 Å². The molecule has 0 saturated heterocycles. The second-order valence-electron chi connectivity index (χ2n) is 7.70. The summed E-state index contributed by atoms with van der Waals surface area (Å²) in [6, 6.07) is 9.92. The van der Waals surface area contributed by atoms with E-state index < -0.39 is 19.9 Å². The summed E-state index contributed by atoms with van der Waals surface area (Å²) in [5.74, 6) is 0. The zero-order chi connectivity index (χ0) is 21.5. The topological polar surface area (TPSA) is 124 Å². The van der Waals surface area contributed by atoms with Crippen molar-refractivity contribution in [1.82, 2.24) is 8.96 Å². The van der Waals surface area contributed by atoms with E-state index in [0.717, 1.165) is 3.97 Å². The zero-order valence-electron chi connectivity index (χ0n) is 16.5. The van der Waals surface area contributed by atoms with Crippen LogP contribution in [0.3, 0.4) is 0 Å². The van der Waals surface area contributed by atoms with Crippen LogP contribution in [0.25, 0.3) is 11.0 Å². The minimum atomic E-state index is -3.79. The maximum atomic E-state index is 13.0. The Balaban J connectivity index is 1.66.